The fourth-order valence-corrected chi connectivity index (χ4v) is 4.14. The minimum Gasteiger partial charge on any atom is -0.458 e. The molecule has 0 fully saturated rings. The second-order valence-corrected chi connectivity index (χ2v) is 7.90. The van der Waals surface area contributed by atoms with E-state index in [2.05, 4.69) is 9.88 Å². The first-order valence-corrected chi connectivity index (χ1v) is 9.74. The number of hydrogen-bond acceptors (Lipinski definition) is 3. The van der Waals surface area contributed by atoms with Crippen LogP contribution in [0.15, 0.2) is 36.4 Å². The summed E-state index contributed by atoms with van der Waals surface area (Å²) in [6.07, 6.45) is 0.503. The lowest BCUT2D eigenvalue weighted by Gasteiger charge is -2.30. The van der Waals surface area contributed by atoms with Gasteiger partial charge in [-0.25, -0.2) is 0 Å². The van der Waals surface area contributed by atoms with E-state index in [4.69, 9.17) is 39.5 Å². The first-order valence-electron chi connectivity index (χ1n) is 8.60. The lowest BCUT2D eigenvalue weighted by atomic mass is 10.0. The molecule has 0 amide bonds. The van der Waals surface area contributed by atoms with Gasteiger partial charge in [0, 0.05) is 41.3 Å². The van der Waals surface area contributed by atoms with Crippen LogP contribution < -0.4 is 0 Å². The molecule has 140 valence electrons. The lowest BCUT2D eigenvalue weighted by molar-refractivity contribution is -0.135. The molecule has 0 bridgehead atoms. The molecule has 2 heterocycles. The molecule has 7 heteroatoms. The van der Waals surface area contributed by atoms with Gasteiger partial charge in [0.1, 0.15) is 6.10 Å². The van der Waals surface area contributed by atoms with Crippen molar-refractivity contribution in [1.29, 1.82) is 0 Å². The molecular weight excluding hydrogens is 407 g/mol. The summed E-state index contributed by atoms with van der Waals surface area (Å²) < 4.78 is 5.34. The number of fused-ring (bicyclic) bond motifs is 3. The summed E-state index contributed by atoms with van der Waals surface area (Å²) >= 11 is 18.3. The quantitative estimate of drug-likeness (QED) is 0.559. The van der Waals surface area contributed by atoms with E-state index in [0.29, 0.717) is 23.1 Å². The van der Waals surface area contributed by atoms with Gasteiger partial charge in [-0.05, 0) is 47.9 Å². The van der Waals surface area contributed by atoms with Gasteiger partial charge in [-0.3, -0.25) is 9.69 Å². The minimum absolute atomic E-state index is 0.405. The van der Waals surface area contributed by atoms with E-state index < -0.39 is 6.10 Å². The zero-order chi connectivity index (χ0) is 19.0. The Labute approximate surface area is 172 Å². The molecule has 0 saturated carbocycles. The van der Waals surface area contributed by atoms with Crippen molar-refractivity contribution < 1.29 is 9.53 Å². The molecule has 1 aliphatic rings. The number of nitrogens with zero attached hydrogens (tertiary/aromatic N) is 1. The third-order valence-electron chi connectivity index (χ3n) is 4.98. The maximum atomic E-state index is 11.0. The van der Waals surface area contributed by atoms with Crippen LogP contribution in [-0.2, 0) is 22.5 Å². The molecule has 4 rings (SSSR count). The largest absolute Gasteiger partial charge is 0.458 e. The number of rotatable bonds is 5. The third kappa shape index (κ3) is 3.81. The Bertz CT molecular complexity index is 1000. The van der Waals surface area contributed by atoms with Crippen molar-refractivity contribution in [2.24, 2.45) is 0 Å². The van der Waals surface area contributed by atoms with Gasteiger partial charge in [-0.15, -0.1) is 0 Å². The number of carbonyl (C=O) groups is 1. The predicted molar refractivity (Wildman–Crippen MR) is 109 cm³/mol. The van der Waals surface area contributed by atoms with Gasteiger partial charge in [0.2, 0.25) is 0 Å². The van der Waals surface area contributed by atoms with E-state index in [1.165, 1.54) is 16.6 Å². The average Bonchev–Trinajstić information content (AvgIpc) is 3.00. The highest BCUT2D eigenvalue weighted by Gasteiger charge is 2.24. The van der Waals surface area contributed by atoms with E-state index in [0.717, 1.165) is 35.6 Å². The molecule has 1 atom stereocenters. The lowest BCUT2D eigenvalue weighted by Crippen LogP contribution is -2.34. The maximum Gasteiger partial charge on any atom is 0.293 e. The Morgan fingerprint density at radius 3 is 2.78 bits per heavy atom. The number of aromatic amines is 1. The summed E-state index contributed by atoms with van der Waals surface area (Å²) in [7, 11) is 0. The highest BCUT2D eigenvalue weighted by molar-refractivity contribution is 6.42. The van der Waals surface area contributed by atoms with Gasteiger partial charge in [-0.2, -0.15) is 0 Å². The molecule has 0 spiro atoms. The molecular formula is C20H17Cl3N2O2. The van der Waals surface area contributed by atoms with Crippen LogP contribution in [0.4, 0.5) is 0 Å². The van der Waals surface area contributed by atoms with Crippen molar-refractivity contribution in [2.45, 2.75) is 19.1 Å². The van der Waals surface area contributed by atoms with Crippen LogP contribution in [0, 0.1) is 0 Å². The van der Waals surface area contributed by atoms with Crippen LogP contribution in [0.1, 0.15) is 22.9 Å². The van der Waals surface area contributed by atoms with Crippen molar-refractivity contribution in [3.63, 3.8) is 0 Å². The zero-order valence-electron chi connectivity index (χ0n) is 14.3. The number of nitrogens with one attached hydrogen (secondary N) is 1. The van der Waals surface area contributed by atoms with Gasteiger partial charge in [0.15, 0.2) is 0 Å². The number of carbonyl (C=O) groups excluding carboxylic acids is 1. The van der Waals surface area contributed by atoms with E-state index in [9.17, 15) is 4.79 Å². The van der Waals surface area contributed by atoms with Crippen molar-refractivity contribution in [1.82, 2.24) is 9.88 Å². The van der Waals surface area contributed by atoms with E-state index in [1.54, 1.807) is 12.1 Å². The van der Waals surface area contributed by atoms with Crippen LogP contribution in [0.5, 0.6) is 0 Å². The molecule has 4 nitrogen and oxygen atoms in total. The average molecular weight is 424 g/mol. The molecule has 1 aliphatic heterocycles. The summed E-state index contributed by atoms with van der Waals surface area (Å²) in [5, 5.41) is 2.85. The van der Waals surface area contributed by atoms with Crippen LogP contribution in [0.3, 0.4) is 0 Å². The van der Waals surface area contributed by atoms with E-state index in [1.807, 2.05) is 24.3 Å². The maximum absolute atomic E-state index is 11.0. The Morgan fingerprint density at radius 1 is 1.15 bits per heavy atom. The number of H-pyrrole nitrogens is 1. The first-order chi connectivity index (χ1) is 13.0. The second kappa shape index (κ2) is 7.72. The summed E-state index contributed by atoms with van der Waals surface area (Å²) in [6, 6.07) is 11.2. The van der Waals surface area contributed by atoms with Gasteiger partial charge >= 0.3 is 0 Å². The standard InChI is InChI=1S/C20H17Cl3N2O2/c21-13-2-4-18-15(8-13)14-5-6-25(9-19(14)24-18)10-20(27-11-26)12-1-3-16(22)17(23)7-12/h1-4,7-8,11,20,24H,5-6,9-10H2. The molecule has 1 unspecified atom stereocenters. The molecule has 27 heavy (non-hydrogen) atoms. The van der Waals surface area contributed by atoms with Crippen molar-refractivity contribution in [3.05, 3.63) is 68.3 Å². The van der Waals surface area contributed by atoms with Crippen molar-refractivity contribution >= 4 is 52.2 Å². The fraction of sp³-hybridized carbons (Fsp3) is 0.250. The summed E-state index contributed by atoms with van der Waals surface area (Å²) in [5.41, 5.74) is 4.41. The Kier molecular flexibility index (Phi) is 5.33. The SMILES string of the molecule is O=COC(CN1CCc2c([nH]c3ccc(Cl)cc23)C1)c1ccc(Cl)c(Cl)c1. The van der Waals surface area contributed by atoms with Gasteiger partial charge in [0.05, 0.1) is 10.0 Å². The predicted octanol–water partition coefficient (Wildman–Crippen LogP) is 5.40. The molecule has 0 radical (unpaired) electrons. The monoisotopic (exact) mass is 422 g/mol. The number of halogens is 3. The Morgan fingerprint density at radius 2 is 2.00 bits per heavy atom. The molecule has 0 saturated heterocycles. The molecule has 1 N–H and O–H groups in total. The van der Waals surface area contributed by atoms with E-state index >= 15 is 0 Å². The molecule has 0 aliphatic carbocycles. The normalized spacial score (nSPS) is 15.5. The van der Waals surface area contributed by atoms with Crippen LogP contribution in [-0.4, -0.2) is 29.4 Å². The topological polar surface area (TPSA) is 45.3 Å². The van der Waals surface area contributed by atoms with Gasteiger partial charge in [0.25, 0.3) is 6.47 Å². The first kappa shape index (κ1) is 18.6. The van der Waals surface area contributed by atoms with Crippen molar-refractivity contribution in [3.8, 4) is 0 Å². The van der Waals surface area contributed by atoms with Gasteiger partial charge < -0.3 is 9.72 Å². The highest BCUT2D eigenvalue weighted by atomic mass is 35.5. The molecule has 3 aromatic rings. The van der Waals surface area contributed by atoms with Gasteiger partial charge in [-0.1, -0.05) is 40.9 Å². The molecule has 2 aromatic carbocycles. The van der Waals surface area contributed by atoms with E-state index in [-0.39, 0.29) is 0 Å². The number of benzene rings is 2. The van der Waals surface area contributed by atoms with Crippen LogP contribution >= 0.6 is 34.8 Å². The summed E-state index contributed by atoms with van der Waals surface area (Å²) in [4.78, 5) is 16.8. The van der Waals surface area contributed by atoms with Crippen molar-refractivity contribution in [2.75, 3.05) is 13.1 Å². The number of hydrogen-bond donors (Lipinski definition) is 1. The minimum atomic E-state index is -0.405. The second-order valence-electron chi connectivity index (χ2n) is 6.65. The zero-order valence-corrected chi connectivity index (χ0v) is 16.6. The third-order valence-corrected chi connectivity index (χ3v) is 5.95. The Balaban J connectivity index is 1.56. The number of aromatic nitrogens is 1. The number of ether oxygens (including phenoxy) is 1. The Hall–Kier alpha value is -1.72. The molecule has 1 aromatic heterocycles. The smallest absolute Gasteiger partial charge is 0.293 e. The summed E-state index contributed by atoms with van der Waals surface area (Å²) in [5.74, 6) is 0. The fourth-order valence-electron chi connectivity index (χ4n) is 3.67. The highest BCUT2D eigenvalue weighted by Crippen LogP contribution is 2.32. The van der Waals surface area contributed by atoms with Crippen LogP contribution in [0.25, 0.3) is 10.9 Å². The summed E-state index contributed by atoms with van der Waals surface area (Å²) in [6.45, 7) is 2.67. The van der Waals surface area contributed by atoms with Crippen LogP contribution in [0.2, 0.25) is 15.1 Å².